The van der Waals surface area contributed by atoms with Gasteiger partial charge in [0.05, 0.1) is 22.1 Å². The van der Waals surface area contributed by atoms with Gasteiger partial charge < -0.3 is 9.13 Å². The largest absolute Gasteiger partial charge is 0.309 e. The van der Waals surface area contributed by atoms with Crippen LogP contribution in [0.3, 0.4) is 0 Å². The number of benzene rings is 10. The van der Waals surface area contributed by atoms with E-state index in [0.717, 1.165) is 5.69 Å². The Morgan fingerprint density at radius 3 is 1.41 bits per heavy atom. The maximum atomic E-state index is 2.56. The summed E-state index contributed by atoms with van der Waals surface area (Å²) in [6.07, 6.45) is 0. The first-order valence-electron chi connectivity index (χ1n) is 22.3. The van der Waals surface area contributed by atoms with E-state index in [1.54, 1.807) is 0 Å². The van der Waals surface area contributed by atoms with Crippen LogP contribution in [-0.2, 0) is 0 Å². The molecule has 3 heterocycles. The Morgan fingerprint density at radius 1 is 0.297 bits per heavy atom. The Morgan fingerprint density at radius 2 is 0.766 bits per heavy atom. The van der Waals surface area contributed by atoms with Gasteiger partial charge in [0.25, 0.3) is 0 Å². The van der Waals surface area contributed by atoms with Crippen LogP contribution in [0.15, 0.2) is 255 Å². The third-order valence-corrected chi connectivity index (χ3v) is 23.7. The minimum Gasteiger partial charge on any atom is -0.309 e. The van der Waals surface area contributed by atoms with Gasteiger partial charge in [-0.15, -0.1) is 0 Å². The standard InChI is InChI=1S/C60H42N2Si2/c1-6-21-44(22-7-1)63(45-23-8-2-9-24-45,46-25-10-3-11-26-46)49-38-40-55-53(42-49)50-31-16-17-33-54(50)61(55)43-37-39-56-52(41-43)51-32-20-36-59-60(51)62(56)57-34-18-19-35-58(57)64(59,47-27-12-4-13-28-47)48-29-14-5-15-30-48/h1-42H. The molecule has 10 aromatic carbocycles. The van der Waals surface area contributed by atoms with Crippen molar-refractivity contribution < 1.29 is 0 Å². The predicted octanol–water partition coefficient (Wildman–Crippen LogP) is 8.95. The fraction of sp³-hybridized carbons (Fsp3) is 0. The average molecular weight is 847 g/mol. The van der Waals surface area contributed by atoms with Gasteiger partial charge in [-0.25, -0.2) is 0 Å². The lowest BCUT2D eigenvalue weighted by Gasteiger charge is -2.39. The Bertz CT molecular complexity index is 3570. The van der Waals surface area contributed by atoms with E-state index in [1.807, 2.05) is 0 Å². The number of hydrogen-bond donors (Lipinski definition) is 0. The van der Waals surface area contributed by atoms with E-state index < -0.39 is 16.1 Å². The van der Waals surface area contributed by atoms with Crippen LogP contribution >= 0.6 is 0 Å². The van der Waals surface area contributed by atoms with Crippen LogP contribution in [0, 0.1) is 0 Å². The molecule has 13 rings (SSSR count). The van der Waals surface area contributed by atoms with Gasteiger partial charge in [0.15, 0.2) is 16.1 Å². The molecule has 0 radical (unpaired) electrons. The second kappa shape index (κ2) is 14.4. The van der Waals surface area contributed by atoms with Crippen molar-refractivity contribution in [2.75, 3.05) is 0 Å². The lowest BCUT2D eigenvalue weighted by atomic mass is 10.1. The number of hydrogen-bond acceptors (Lipinski definition) is 0. The molecule has 0 atom stereocenters. The molecule has 1 aliphatic heterocycles. The SMILES string of the molecule is c1ccc([Si](c2ccccc2)(c2ccccc2)c2ccc3c(c2)c2ccccc2n3-c2ccc3c(c2)c2cccc4c2n3-c2ccccc2[Si]4(c2ccccc2)c2ccccc2)cc1. The topological polar surface area (TPSA) is 9.86 Å². The van der Waals surface area contributed by atoms with Gasteiger partial charge >= 0.3 is 0 Å². The normalized spacial score (nSPS) is 13.1. The highest BCUT2D eigenvalue weighted by Gasteiger charge is 2.47. The summed E-state index contributed by atoms with van der Waals surface area (Å²) in [5.74, 6) is 0. The average Bonchev–Trinajstić information content (AvgIpc) is 3.89. The summed E-state index contributed by atoms with van der Waals surface area (Å²) in [6, 6.07) is 96.1. The summed E-state index contributed by atoms with van der Waals surface area (Å²) in [6.45, 7) is 0. The van der Waals surface area contributed by atoms with Gasteiger partial charge in [-0.05, 0) is 77.9 Å². The first-order valence-corrected chi connectivity index (χ1v) is 26.3. The van der Waals surface area contributed by atoms with Crippen LogP contribution in [0.2, 0.25) is 0 Å². The summed E-state index contributed by atoms with van der Waals surface area (Å²) < 4.78 is 5.06. The Kier molecular flexibility index (Phi) is 8.29. The molecule has 12 aromatic rings. The molecule has 0 N–H and O–H groups in total. The highest BCUT2D eigenvalue weighted by molar-refractivity contribution is 7.21. The van der Waals surface area contributed by atoms with Crippen molar-refractivity contribution in [1.82, 2.24) is 9.13 Å². The van der Waals surface area contributed by atoms with Crippen LogP contribution in [-0.4, -0.2) is 25.3 Å². The second-order valence-electron chi connectivity index (χ2n) is 17.2. The van der Waals surface area contributed by atoms with Crippen LogP contribution in [0.1, 0.15) is 0 Å². The molecular weight excluding hydrogens is 805 g/mol. The van der Waals surface area contributed by atoms with Crippen molar-refractivity contribution in [2.45, 2.75) is 0 Å². The van der Waals surface area contributed by atoms with E-state index in [2.05, 4.69) is 264 Å². The molecule has 0 spiro atoms. The number of fused-ring (bicyclic) bond motifs is 8. The van der Waals surface area contributed by atoms with Crippen molar-refractivity contribution in [2.24, 2.45) is 0 Å². The van der Waals surface area contributed by atoms with Gasteiger partial charge in [-0.1, -0.05) is 218 Å². The third kappa shape index (κ3) is 5.06. The van der Waals surface area contributed by atoms with E-state index in [-0.39, 0.29) is 0 Å². The molecule has 1 aliphatic rings. The first kappa shape index (κ1) is 36.8. The summed E-state index contributed by atoms with van der Waals surface area (Å²) in [4.78, 5) is 0. The quantitative estimate of drug-likeness (QED) is 0.112. The molecule has 4 heteroatoms. The van der Waals surface area contributed by atoms with Gasteiger partial charge in [-0.3, -0.25) is 0 Å². The van der Waals surface area contributed by atoms with Gasteiger partial charge in [0.2, 0.25) is 0 Å². The number of rotatable bonds is 7. The molecule has 0 unspecified atom stereocenters. The Balaban J connectivity index is 1.08. The van der Waals surface area contributed by atoms with Crippen LogP contribution < -0.4 is 41.5 Å². The third-order valence-electron chi connectivity index (χ3n) is 14.1. The molecule has 0 saturated carbocycles. The van der Waals surface area contributed by atoms with Crippen molar-refractivity contribution in [3.05, 3.63) is 255 Å². The fourth-order valence-electron chi connectivity index (χ4n) is 11.6. The molecule has 300 valence electrons. The summed E-state index contributed by atoms with van der Waals surface area (Å²) in [7, 11) is -5.47. The van der Waals surface area contributed by atoms with E-state index in [9.17, 15) is 0 Å². The van der Waals surface area contributed by atoms with E-state index in [4.69, 9.17) is 0 Å². The van der Waals surface area contributed by atoms with Crippen molar-refractivity contribution in [3.8, 4) is 11.4 Å². The fourth-order valence-corrected chi connectivity index (χ4v) is 21.5. The molecule has 64 heavy (non-hydrogen) atoms. The van der Waals surface area contributed by atoms with E-state index >= 15 is 0 Å². The minimum atomic E-state index is -2.74. The molecule has 2 aromatic heterocycles. The summed E-state index contributed by atoms with van der Waals surface area (Å²) in [5, 5.41) is 16.3. The molecule has 0 aliphatic carbocycles. The zero-order valence-corrected chi connectivity index (χ0v) is 37.1. The Labute approximate surface area is 374 Å². The van der Waals surface area contributed by atoms with Crippen LogP contribution in [0.5, 0.6) is 0 Å². The van der Waals surface area contributed by atoms with Gasteiger partial charge in [-0.2, -0.15) is 0 Å². The molecule has 0 fully saturated rings. The Hall–Kier alpha value is -7.77. The lowest BCUT2D eigenvalue weighted by Crippen LogP contribution is -2.76. The highest BCUT2D eigenvalue weighted by Crippen LogP contribution is 2.38. The minimum absolute atomic E-state index is 1.16. The highest BCUT2D eigenvalue weighted by atomic mass is 28.3. The number of nitrogens with zero attached hydrogens (tertiary/aromatic N) is 2. The van der Waals surface area contributed by atoms with E-state index in [0.29, 0.717) is 0 Å². The van der Waals surface area contributed by atoms with Gasteiger partial charge in [0.1, 0.15) is 0 Å². The maximum Gasteiger partial charge on any atom is 0.184 e. The first-order chi connectivity index (χ1) is 31.8. The smallest absolute Gasteiger partial charge is 0.184 e. The summed E-state index contributed by atoms with van der Waals surface area (Å²) in [5.41, 5.74) is 7.41. The van der Waals surface area contributed by atoms with Gasteiger partial charge in [0, 0.05) is 32.9 Å². The predicted molar refractivity (Wildman–Crippen MR) is 276 cm³/mol. The van der Waals surface area contributed by atoms with Crippen molar-refractivity contribution in [1.29, 1.82) is 0 Å². The monoisotopic (exact) mass is 846 g/mol. The lowest BCUT2D eigenvalue weighted by molar-refractivity contribution is 1.17. The van der Waals surface area contributed by atoms with E-state index in [1.165, 1.54) is 90.8 Å². The van der Waals surface area contributed by atoms with Crippen LogP contribution in [0.25, 0.3) is 55.0 Å². The second-order valence-corrected chi connectivity index (χ2v) is 24.7. The number of aromatic nitrogens is 2. The number of para-hydroxylation sites is 3. The zero-order chi connectivity index (χ0) is 42.2. The summed E-state index contributed by atoms with van der Waals surface area (Å²) >= 11 is 0. The molecule has 2 nitrogen and oxygen atoms in total. The van der Waals surface area contributed by atoms with Crippen LogP contribution in [0.4, 0.5) is 0 Å². The molecule has 0 bridgehead atoms. The molecule has 0 amide bonds. The maximum absolute atomic E-state index is 2.74. The zero-order valence-electron chi connectivity index (χ0n) is 35.1. The van der Waals surface area contributed by atoms with Crippen molar-refractivity contribution >= 4 is 101 Å². The molecular formula is C60H42N2Si2. The van der Waals surface area contributed by atoms with Crippen molar-refractivity contribution in [3.63, 3.8) is 0 Å². The molecule has 0 saturated heterocycles.